The first-order valence-electron chi connectivity index (χ1n) is 12.2. The number of nitrogens with one attached hydrogen (secondary N) is 1. The van der Waals surface area contributed by atoms with Gasteiger partial charge in [0.2, 0.25) is 0 Å². The summed E-state index contributed by atoms with van der Waals surface area (Å²) < 4.78 is 21.0. The molecule has 3 heterocycles. The lowest BCUT2D eigenvalue weighted by atomic mass is 10.0. The summed E-state index contributed by atoms with van der Waals surface area (Å²) in [5, 5.41) is 2.97. The number of aromatic nitrogens is 3. The van der Waals surface area contributed by atoms with Gasteiger partial charge in [-0.3, -0.25) is 14.8 Å². The molecular weight excluding hydrogens is 469 g/mol. The molecule has 1 fully saturated rings. The fourth-order valence-corrected chi connectivity index (χ4v) is 4.39. The van der Waals surface area contributed by atoms with Crippen molar-refractivity contribution in [3.63, 3.8) is 0 Å². The second kappa shape index (κ2) is 10.8. The number of nitrogens with zero attached hydrogens (tertiary/aromatic N) is 4. The molecule has 1 saturated heterocycles. The number of pyridine rings is 1. The first kappa shape index (κ1) is 24.5. The number of ether oxygens (including phenoxy) is 1. The van der Waals surface area contributed by atoms with Crippen molar-refractivity contribution in [2.45, 2.75) is 26.0 Å². The van der Waals surface area contributed by atoms with Crippen molar-refractivity contribution in [3.05, 3.63) is 107 Å². The topological polar surface area (TPSA) is 80.2 Å². The Balaban J connectivity index is 1.49. The molecule has 0 bridgehead atoms. The highest BCUT2D eigenvalue weighted by Crippen LogP contribution is 2.30. The number of halogens is 1. The monoisotopic (exact) mass is 497 g/mol. The van der Waals surface area contributed by atoms with E-state index in [1.54, 1.807) is 36.8 Å². The van der Waals surface area contributed by atoms with Crippen LogP contribution in [-0.2, 0) is 4.74 Å². The van der Waals surface area contributed by atoms with Crippen molar-refractivity contribution in [2.75, 3.05) is 24.6 Å². The maximum absolute atomic E-state index is 15.0. The summed E-state index contributed by atoms with van der Waals surface area (Å²) in [6, 6.07) is 18.0. The van der Waals surface area contributed by atoms with Crippen LogP contribution in [0.1, 0.15) is 46.2 Å². The summed E-state index contributed by atoms with van der Waals surface area (Å²) in [6.07, 6.45) is 4.65. The molecule has 7 nitrogen and oxygen atoms in total. The van der Waals surface area contributed by atoms with E-state index < -0.39 is 0 Å². The number of aryl methyl sites for hydroxylation is 1. The Labute approximate surface area is 215 Å². The lowest BCUT2D eigenvalue weighted by Gasteiger charge is -2.34. The average Bonchev–Trinajstić information content (AvgIpc) is 2.94. The molecule has 1 amide bonds. The number of hydrogen-bond donors (Lipinski definition) is 1. The first-order valence-corrected chi connectivity index (χ1v) is 12.2. The number of carbonyl (C=O) groups excluding carboxylic acids is 1. The summed E-state index contributed by atoms with van der Waals surface area (Å²) in [5.74, 6) is -0.0875. The van der Waals surface area contributed by atoms with E-state index in [0.717, 1.165) is 11.1 Å². The standard InChI is InChI=1S/C29H28FN5O2/c1-19-8-9-23(24(30)14-19)25-15-22(29(36)33-20(2)26-17-31-10-11-32-26)16-28(34-25)35-12-13-37-27(18-35)21-6-4-3-5-7-21/h3-11,14-17,20,27H,12-13,18H2,1-2H3,(H,33,36)/t20-,27+/m1/s1. The predicted molar refractivity (Wildman–Crippen MR) is 140 cm³/mol. The normalized spacial score (nSPS) is 16.3. The smallest absolute Gasteiger partial charge is 0.252 e. The molecule has 4 aromatic rings. The van der Waals surface area contributed by atoms with Gasteiger partial charge in [-0.2, -0.15) is 0 Å². The van der Waals surface area contributed by atoms with Crippen LogP contribution >= 0.6 is 0 Å². The Hall–Kier alpha value is -4.17. The van der Waals surface area contributed by atoms with E-state index in [-0.39, 0.29) is 23.9 Å². The maximum Gasteiger partial charge on any atom is 0.252 e. The molecule has 0 radical (unpaired) electrons. The van der Waals surface area contributed by atoms with Gasteiger partial charge in [0.15, 0.2) is 0 Å². The predicted octanol–water partition coefficient (Wildman–Crippen LogP) is 5.06. The van der Waals surface area contributed by atoms with Crippen molar-refractivity contribution in [2.24, 2.45) is 0 Å². The van der Waals surface area contributed by atoms with Crippen LogP contribution in [-0.4, -0.2) is 40.6 Å². The van der Waals surface area contributed by atoms with Crippen LogP contribution in [0.2, 0.25) is 0 Å². The van der Waals surface area contributed by atoms with E-state index >= 15 is 0 Å². The van der Waals surface area contributed by atoms with Crippen LogP contribution in [0.5, 0.6) is 0 Å². The Morgan fingerprint density at radius 3 is 2.73 bits per heavy atom. The van der Waals surface area contributed by atoms with Gasteiger partial charge in [0.25, 0.3) is 5.91 Å². The van der Waals surface area contributed by atoms with E-state index in [1.165, 1.54) is 6.07 Å². The van der Waals surface area contributed by atoms with Crippen molar-refractivity contribution in [1.29, 1.82) is 0 Å². The largest absolute Gasteiger partial charge is 0.370 e. The minimum atomic E-state index is -0.381. The Morgan fingerprint density at radius 1 is 1.14 bits per heavy atom. The van der Waals surface area contributed by atoms with Crippen molar-refractivity contribution in [1.82, 2.24) is 20.3 Å². The third-order valence-corrected chi connectivity index (χ3v) is 6.41. The van der Waals surface area contributed by atoms with E-state index in [9.17, 15) is 9.18 Å². The van der Waals surface area contributed by atoms with Gasteiger partial charge in [-0.15, -0.1) is 0 Å². The minimum Gasteiger partial charge on any atom is -0.370 e. The molecule has 5 rings (SSSR count). The van der Waals surface area contributed by atoms with Gasteiger partial charge in [0.1, 0.15) is 17.7 Å². The molecule has 2 atom stereocenters. The molecule has 1 aliphatic rings. The minimum absolute atomic E-state index is 0.134. The van der Waals surface area contributed by atoms with Gasteiger partial charge >= 0.3 is 0 Å². The number of rotatable bonds is 6. The van der Waals surface area contributed by atoms with Gasteiger partial charge < -0.3 is 15.0 Å². The summed E-state index contributed by atoms with van der Waals surface area (Å²) >= 11 is 0. The first-order chi connectivity index (χ1) is 18.0. The SMILES string of the molecule is Cc1ccc(-c2cc(C(=O)N[C@H](C)c3cnccn3)cc(N3CCO[C@H](c4ccccc4)C3)n2)c(F)c1. The molecule has 0 aliphatic carbocycles. The van der Waals surface area contributed by atoms with Crippen LogP contribution in [0, 0.1) is 12.7 Å². The highest BCUT2D eigenvalue weighted by Gasteiger charge is 2.25. The van der Waals surface area contributed by atoms with Crippen LogP contribution in [0.25, 0.3) is 11.3 Å². The van der Waals surface area contributed by atoms with Gasteiger partial charge in [-0.05, 0) is 49.2 Å². The highest BCUT2D eigenvalue weighted by atomic mass is 19.1. The fourth-order valence-electron chi connectivity index (χ4n) is 4.39. The number of benzene rings is 2. The fraction of sp³-hybridized carbons (Fsp3) is 0.241. The van der Waals surface area contributed by atoms with E-state index in [2.05, 4.69) is 20.2 Å². The zero-order valence-corrected chi connectivity index (χ0v) is 20.8. The van der Waals surface area contributed by atoms with Gasteiger partial charge in [0, 0.05) is 36.6 Å². The maximum atomic E-state index is 15.0. The lowest BCUT2D eigenvalue weighted by Crippen LogP contribution is -2.39. The van der Waals surface area contributed by atoms with Gasteiger partial charge in [0.05, 0.1) is 30.2 Å². The number of anilines is 1. The van der Waals surface area contributed by atoms with Crippen molar-refractivity contribution >= 4 is 11.7 Å². The molecule has 8 heteroatoms. The van der Waals surface area contributed by atoms with Gasteiger partial charge in [-0.25, -0.2) is 9.37 Å². The molecule has 188 valence electrons. The van der Waals surface area contributed by atoms with E-state index in [0.29, 0.717) is 48.0 Å². The molecule has 2 aromatic heterocycles. The summed E-state index contributed by atoms with van der Waals surface area (Å²) in [6.45, 7) is 5.36. The number of amides is 1. The molecule has 37 heavy (non-hydrogen) atoms. The van der Waals surface area contributed by atoms with Crippen molar-refractivity contribution < 1.29 is 13.9 Å². The van der Waals surface area contributed by atoms with Crippen LogP contribution < -0.4 is 10.2 Å². The highest BCUT2D eigenvalue weighted by molar-refractivity contribution is 5.96. The Bertz CT molecular complexity index is 1380. The summed E-state index contributed by atoms with van der Waals surface area (Å²) in [7, 11) is 0. The second-order valence-corrected chi connectivity index (χ2v) is 9.12. The molecule has 2 aromatic carbocycles. The summed E-state index contributed by atoms with van der Waals surface area (Å²) in [5.41, 5.74) is 3.66. The molecule has 0 spiro atoms. The number of carbonyl (C=O) groups is 1. The number of hydrogen-bond acceptors (Lipinski definition) is 6. The third kappa shape index (κ3) is 5.65. The van der Waals surface area contributed by atoms with Crippen LogP contribution in [0.15, 0.2) is 79.3 Å². The second-order valence-electron chi connectivity index (χ2n) is 9.12. The quantitative estimate of drug-likeness (QED) is 0.401. The summed E-state index contributed by atoms with van der Waals surface area (Å²) in [4.78, 5) is 28.6. The Morgan fingerprint density at radius 2 is 1.97 bits per heavy atom. The average molecular weight is 498 g/mol. The Kier molecular flexibility index (Phi) is 7.18. The lowest BCUT2D eigenvalue weighted by molar-refractivity contribution is 0.0395. The molecule has 0 unspecified atom stereocenters. The molecular formula is C29H28FN5O2. The molecule has 0 saturated carbocycles. The van der Waals surface area contributed by atoms with Crippen LogP contribution in [0.4, 0.5) is 10.2 Å². The zero-order valence-electron chi connectivity index (χ0n) is 20.8. The van der Waals surface area contributed by atoms with E-state index in [4.69, 9.17) is 9.72 Å². The molecule has 1 N–H and O–H groups in total. The van der Waals surface area contributed by atoms with E-state index in [1.807, 2.05) is 50.2 Å². The van der Waals surface area contributed by atoms with Gasteiger partial charge in [-0.1, -0.05) is 36.4 Å². The zero-order chi connectivity index (χ0) is 25.8. The molecule has 1 aliphatic heterocycles. The van der Waals surface area contributed by atoms with Crippen molar-refractivity contribution in [3.8, 4) is 11.3 Å². The van der Waals surface area contributed by atoms with Crippen LogP contribution in [0.3, 0.4) is 0 Å². The third-order valence-electron chi connectivity index (χ3n) is 6.41. The number of morpholine rings is 1.